The van der Waals surface area contributed by atoms with Crippen molar-refractivity contribution in [1.82, 2.24) is 0 Å². The van der Waals surface area contributed by atoms with E-state index in [1.165, 1.54) is 24.8 Å². The van der Waals surface area contributed by atoms with E-state index >= 15 is 0 Å². The van der Waals surface area contributed by atoms with Crippen LogP contribution in [0.25, 0.3) is 6.08 Å². The van der Waals surface area contributed by atoms with Crippen LogP contribution in [0.15, 0.2) is 60.7 Å². The number of halogens is 3. The van der Waals surface area contributed by atoms with Crippen LogP contribution in [0.1, 0.15) is 89.0 Å². The highest BCUT2D eigenvalue weighted by molar-refractivity contribution is 5.69. The molecular weight excluding hydrogens is 425 g/mol. The Labute approximate surface area is 197 Å². The molecule has 0 amide bonds. The number of unbranched alkanes of at least 4 members (excludes halogenated alkanes) is 9. The molecule has 5 heteroatoms. The quantitative estimate of drug-likeness (QED) is 0.123. The average Bonchev–Trinajstić information content (AvgIpc) is 2.79. The Balaban J connectivity index is 1.83. The number of rotatable bonds is 18. The lowest BCUT2D eigenvalue weighted by atomic mass is 10.1. The minimum Gasteiger partial charge on any atom is -0.456 e. The molecular formula is C28H39F3O2. The Morgan fingerprint density at radius 1 is 0.727 bits per heavy atom. The third-order valence-corrected chi connectivity index (χ3v) is 5.11. The molecule has 0 heterocycles. The van der Waals surface area contributed by atoms with Crippen molar-refractivity contribution in [1.29, 1.82) is 0 Å². The fraction of sp³-hybridized carbons (Fsp3) is 0.536. The lowest BCUT2D eigenvalue weighted by Gasteiger charge is -2.07. The number of benzene rings is 1. The van der Waals surface area contributed by atoms with Crippen LogP contribution in [0.3, 0.4) is 0 Å². The van der Waals surface area contributed by atoms with Crippen LogP contribution in [-0.2, 0) is 9.53 Å². The zero-order valence-electron chi connectivity index (χ0n) is 19.7. The molecule has 0 N–H and O–H groups in total. The third kappa shape index (κ3) is 20.1. The summed E-state index contributed by atoms with van der Waals surface area (Å²) in [5.41, 5.74) is 1.26. The van der Waals surface area contributed by atoms with E-state index in [9.17, 15) is 18.0 Å². The van der Waals surface area contributed by atoms with Gasteiger partial charge in [-0.25, -0.2) is 0 Å². The zero-order valence-corrected chi connectivity index (χ0v) is 19.7. The van der Waals surface area contributed by atoms with Crippen molar-refractivity contribution < 1.29 is 22.7 Å². The summed E-state index contributed by atoms with van der Waals surface area (Å²) in [6.07, 6.45) is 21.6. The Hall–Kier alpha value is -2.30. The van der Waals surface area contributed by atoms with E-state index in [1.54, 1.807) is 0 Å². The van der Waals surface area contributed by atoms with Crippen LogP contribution in [-0.4, -0.2) is 18.8 Å². The summed E-state index contributed by atoms with van der Waals surface area (Å²) in [4.78, 5) is 11.2. The molecule has 0 aliphatic heterocycles. The fourth-order valence-corrected chi connectivity index (χ4v) is 3.29. The lowest BCUT2D eigenvalue weighted by molar-refractivity contribution is -0.186. The second-order valence-electron chi connectivity index (χ2n) is 8.21. The van der Waals surface area contributed by atoms with Crippen LogP contribution in [0, 0.1) is 0 Å². The number of hydrogen-bond donors (Lipinski definition) is 0. The highest BCUT2D eigenvalue weighted by atomic mass is 19.4. The number of allylic oxidation sites excluding steroid dienone is 5. The predicted molar refractivity (Wildman–Crippen MR) is 131 cm³/mol. The van der Waals surface area contributed by atoms with Crippen molar-refractivity contribution in [3.63, 3.8) is 0 Å². The fourth-order valence-electron chi connectivity index (χ4n) is 3.29. The molecule has 1 rings (SSSR count). The molecule has 0 spiro atoms. The monoisotopic (exact) mass is 464 g/mol. The Bertz CT molecular complexity index is 691. The number of alkyl halides is 3. The summed E-state index contributed by atoms with van der Waals surface area (Å²) in [7, 11) is 0. The van der Waals surface area contributed by atoms with Crippen LogP contribution in [0.5, 0.6) is 0 Å². The predicted octanol–water partition coefficient (Wildman–Crippen LogP) is 8.99. The number of esters is 1. The smallest absolute Gasteiger partial charge is 0.422 e. The molecule has 0 saturated carbocycles. The van der Waals surface area contributed by atoms with E-state index < -0.39 is 18.8 Å². The van der Waals surface area contributed by atoms with E-state index in [4.69, 9.17) is 0 Å². The van der Waals surface area contributed by atoms with Gasteiger partial charge in [-0.3, -0.25) is 4.79 Å². The number of carbonyl (C=O) groups is 1. The van der Waals surface area contributed by atoms with Gasteiger partial charge >= 0.3 is 12.1 Å². The summed E-state index contributed by atoms with van der Waals surface area (Å²) in [6.45, 7) is -1.49. The van der Waals surface area contributed by atoms with E-state index in [-0.39, 0.29) is 6.42 Å². The third-order valence-electron chi connectivity index (χ3n) is 5.11. The maximum Gasteiger partial charge on any atom is 0.422 e. The van der Waals surface area contributed by atoms with E-state index in [2.05, 4.69) is 65.5 Å². The number of carbonyl (C=O) groups excluding carboxylic acids is 1. The largest absolute Gasteiger partial charge is 0.456 e. The van der Waals surface area contributed by atoms with E-state index in [1.807, 2.05) is 6.07 Å². The molecule has 184 valence electrons. The van der Waals surface area contributed by atoms with Gasteiger partial charge in [0.2, 0.25) is 0 Å². The molecule has 2 nitrogen and oxygen atoms in total. The minimum atomic E-state index is -4.44. The second-order valence-corrected chi connectivity index (χ2v) is 8.21. The summed E-state index contributed by atoms with van der Waals surface area (Å²) >= 11 is 0. The van der Waals surface area contributed by atoms with Gasteiger partial charge in [-0.1, -0.05) is 92.5 Å². The van der Waals surface area contributed by atoms with Crippen molar-refractivity contribution in [3.8, 4) is 0 Å². The lowest BCUT2D eigenvalue weighted by Crippen LogP contribution is -2.20. The Kier molecular flexibility index (Phi) is 16.7. The van der Waals surface area contributed by atoms with Crippen molar-refractivity contribution in [2.24, 2.45) is 0 Å². The topological polar surface area (TPSA) is 26.3 Å². The summed E-state index contributed by atoms with van der Waals surface area (Å²) < 4.78 is 40.0. The molecule has 0 saturated heterocycles. The minimum absolute atomic E-state index is 0.0631. The van der Waals surface area contributed by atoms with Gasteiger partial charge in [-0.2, -0.15) is 13.2 Å². The zero-order chi connectivity index (χ0) is 24.0. The second kappa shape index (κ2) is 19.2. The first-order chi connectivity index (χ1) is 16.0. The molecule has 0 atom stereocenters. The van der Waals surface area contributed by atoms with Gasteiger partial charge in [0.1, 0.15) is 0 Å². The highest BCUT2D eigenvalue weighted by Gasteiger charge is 2.29. The first kappa shape index (κ1) is 28.7. The molecule has 33 heavy (non-hydrogen) atoms. The SMILES string of the molecule is O=C(CCCCCCC/C=C\C/C=C\CCCCCC=Cc1ccccc1)OCC(F)(F)F. The maximum absolute atomic E-state index is 11.9. The molecule has 1 aromatic carbocycles. The highest BCUT2D eigenvalue weighted by Crippen LogP contribution is 2.15. The molecule has 0 radical (unpaired) electrons. The summed E-state index contributed by atoms with van der Waals surface area (Å²) in [6, 6.07) is 10.4. The van der Waals surface area contributed by atoms with Gasteiger partial charge in [0, 0.05) is 6.42 Å². The van der Waals surface area contributed by atoms with Crippen molar-refractivity contribution >= 4 is 12.0 Å². The van der Waals surface area contributed by atoms with Gasteiger partial charge in [-0.15, -0.1) is 0 Å². The standard InChI is InChI=1S/C28H39F3O2/c29-28(30,31)25-33-27(32)24-20-15-13-11-9-7-5-3-1-2-4-6-8-10-12-14-17-21-26-22-18-16-19-23-26/h2-5,16-19,21-23H,1,6-15,20,24-25H2/b4-2-,5-3-,21-17?. The normalized spacial score (nSPS) is 12.3. The Morgan fingerprint density at radius 2 is 1.27 bits per heavy atom. The van der Waals surface area contributed by atoms with Crippen molar-refractivity contribution in [2.75, 3.05) is 6.61 Å². The van der Waals surface area contributed by atoms with Gasteiger partial charge in [0.05, 0.1) is 0 Å². The average molecular weight is 465 g/mol. The van der Waals surface area contributed by atoms with Crippen molar-refractivity contribution in [2.45, 2.75) is 89.6 Å². The Morgan fingerprint density at radius 3 is 1.91 bits per heavy atom. The molecule has 0 unspecified atom stereocenters. The molecule has 0 aliphatic rings. The number of hydrogen-bond acceptors (Lipinski definition) is 2. The van der Waals surface area contributed by atoms with E-state index in [0.717, 1.165) is 51.4 Å². The van der Waals surface area contributed by atoms with Crippen molar-refractivity contribution in [3.05, 3.63) is 66.3 Å². The first-order valence-electron chi connectivity index (χ1n) is 12.2. The van der Waals surface area contributed by atoms with Gasteiger partial charge in [-0.05, 0) is 56.9 Å². The van der Waals surface area contributed by atoms with Gasteiger partial charge in [0.15, 0.2) is 6.61 Å². The molecule has 1 aromatic rings. The maximum atomic E-state index is 11.9. The summed E-state index contributed by atoms with van der Waals surface area (Å²) in [5.74, 6) is -0.765. The molecule has 0 aromatic heterocycles. The summed E-state index contributed by atoms with van der Waals surface area (Å²) in [5, 5.41) is 0. The van der Waals surface area contributed by atoms with E-state index in [0.29, 0.717) is 6.42 Å². The van der Waals surface area contributed by atoms with Gasteiger partial charge in [0.25, 0.3) is 0 Å². The van der Waals surface area contributed by atoms with Crippen LogP contribution < -0.4 is 0 Å². The molecule has 0 bridgehead atoms. The van der Waals surface area contributed by atoms with Crippen LogP contribution in [0.2, 0.25) is 0 Å². The van der Waals surface area contributed by atoms with Crippen LogP contribution >= 0.6 is 0 Å². The first-order valence-corrected chi connectivity index (χ1v) is 12.2. The van der Waals surface area contributed by atoms with Gasteiger partial charge < -0.3 is 4.74 Å². The molecule has 0 fully saturated rings. The van der Waals surface area contributed by atoms with Crippen LogP contribution in [0.4, 0.5) is 13.2 Å². The molecule has 0 aliphatic carbocycles. The number of ether oxygens (including phenoxy) is 1.